The van der Waals surface area contributed by atoms with Gasteiger partial charge in [-0.3, -0.25) is 14.5 Å². The first kappa shape index (κ1) is 18.4. The van der Waals surface area contributed by atoms with Crippen LogP contribution < -0.4 is 14.4 Å². The van der Waals surface area contributed by atoms with Crippen molar-refractivity contribution in [3.05, 3.63) is 53.3 Å². The number of imide groups is 1. The molecule has 1 atom stereocenters. The first-order chi connectivity index (χ1) is 13.5. The van der Waals surface area contributed by atoms with E-state index in [2.05, 4.69) is 0 Å². The van der Waals surface area contributed by atoms with Crippen LogP contribution in [-0.2, 0) is 22.6 Å². The standard InChI is InChI=1S/C21H21FN2O4/c1-27-18-8-13-6-7-23(12-14(13)9-19(18)28-2)17-11-20(25)24(21(17)26)16-5-3-4-15(22)10-16/h3-5,8-10,17H,6-7,11-12H2,1-2H3/t17-/m1/s1. The molecule has 0 bridgehead atoms. The van der Waals surface area contributed by atoms with E-state index in [0.29, 0.717) is 24.6 Å². The van der Waals surface area contributed by atoms with E-state index in [1.807, 2.05) is 17.0 Å². The van der Waals surface area contributed by atoms with E-state index in [1.165, 1.54) is 18.2 Å². The van der Waals surface area contributed by atoms with E-state index >= 15 is 0 Å². The van der Waals surface area contributed by atoms with E-state index in [9.17, 15) is 14.0 Å². The number of carbonyl (C=O) groups is 2. The Morgan fingerprint density at radius 2 is 1.75 bits per heavy atom. The third-order valence-corrected chi connectivity index (χ3v) is 5.38. The average Bonchev–Trinajstić information content (AvgIpc) is 3.00. The molecule has 4 rings (SSSR count). The Kier molecular flexibility index (Phi) is 4.77. The van der Waals surface area contributed by atoms with Crippen LogP contribution >= 0.6 is 0 Å². The SMILES string of the molecule is COc1cc2c(cc1OC)CN([C@@H]1CC(=O)N(c3cccc(F)c3)C1=O)CC2. The number of anilines is 1. The molecule has 0 unspecified atom stereocenters. The van der Waals surface area contributed by atoms with Crippen LogP contribution in [0, 0.1) is 5.82 Å². The van der Waals surface area contributed by atoms with Crippen LogP contribution in [0.15, 0.2) is 36.4 Å². The molecule has 7 heteroatoms. The quantitative estimate of drug-likeness (QED) is 0.759. The van der Waals surface area contributed by atoms with Crippen molar-refractivity contribution in [2.75, 3.05) is 25.7 Å². The summed E-state index contributed by atoms with van der Waals surface area (Å²) in [5, 5.41) is 0. The molecule has 2 amide bonds. The number of amides is 2. The van der Waals surface area contributed by atoms with Gasteiger partial charge in [0, 0.05) is 13.1 Å². The number of methoxy groups -OCH3 is 2. The number of fused-ring (bicyclic) bond motifs is 1. The molecule has 6 nitrogen and oxygen atoms in total. The summed E-state index contributed by atoms with van der Waals surface area (Å²) in [7, 11) is 3.18. The maximum Gasteiger partial charge on any atom is 0.251 e. The number of hydrogen-bond acceptors (Lipinski definition) is 5. The molecule has 1 fully saturated rings. The molecule has 28 heavy (non-hydrogen) atoms. The lowest BCUT2D eigenvalue weighted by molar-refractivity contribution is -0.123. The topological polar surface area (TPSA) is 59.1 Å². The maximum atomic E-state index is 13.5. The number of rotatable bonds is 4. The lowest BCUT2D eigenvalue weighted by Gasteiger charge is -2.32. The lowest BCUT2D eigenvalue weighted by Crippen LogP contribution is -2.44. The van der Waals surface area contributed by atoms with E-state index in [0.717, 1.165) is 22.4 Å². The summed E-state index contributed by atoms with van der Waals surface area (Å²) in [5.41, 5.74) is 2.47. The van der Waals surface area contributed by atoms with Gasteiger partial charge in [-0.2, -0.15) is 0 Å². The summed E-state index contributed by atoms with van der Waals surface area (Å²) >= 11 is 0. The number of halogens is 1. The smallest absolute Gasteiger partial charge is 0.251 e. The van der Waals surface area contributed by atoms with Crippen molar-refractivity contribution in [2.24, 2.45) is 0 Å². The fourth-order valence-electron chi connectivity index (χ4n) is 3.96. The minimum absolute atomic E-state index is 0.0952. The normalized spacial score (nSPS) is 19.7. The Hall–Kier alpha value is -2.93. The second kappa shape index (κ2) is 7.24. The van der Waals surface area contributed by atoms with E-state index in [4.69, 9.17) is 9.47 Å². The summed E-state index contributed by atoms with van der Waals surface area (Å²) in [6.07, 6.45) is 0.839. The van der Waals surface area contributed by atoms with Gasteiger partial charge in [-0.25, -0.2) is 9.29 Å². The number of hydrogen-bond donors (Lipinski definition) is 0. The third-order valence-electron chi connectivity index (χ3n) is 5.38. The van der Waals surface area contributed by atoms with Gasteiger partial charge in [0.15, 0.2) is 11.5 Å². The number of carbonyl (C=O) groups excluding carboxylic acids is 2. The molecule has 0 aliphatic carbocycles. The summed E-state index contributed by atoms with van der Waals surface area (Å²) in [4.78, 5) is 28.6. The van der Waals surface area contributed by atoms with E-state index in [-0.39, 0.29) is 23.9 Å². The Morgan fingerprint density at radius 3 is 2.43 bits per heavy atom. The van der Waals surface area contributed by atoms with E-state index in [1.54, 1.807) is 20.3 Å². The molecule has 1 saturated heterocycles. The van der Waals surface area contributed by atoms with Gasteiger partial charge in [-0.15, -0.1) is 0 Å². The zero-order chi connectivity index (χ0) is 19.8. The monoisotopic (exact) mass is 384 g/mol. The fraction of sp³-hybridized carbons (Fsp3) is 0.333. The molecule has 2 aromatic rings. The molecular weight excluding hydrogens is 363 g/mol. The fourth-order valence-corrected chi connectivity index (χ4v) is 3.96. The van der Waals surface area contributed by atoms with Gasteiger partial charge in [0.1, 0.15) is 5.82 Å². The second-order valence-electron chi connectivity index (χ2n) is 6.96. The number of nitrogens with zero attached hydrogens (tertiary/aromatic N) is 2. The van der Waals surface area contributed by atoms with Crippen molar-refractivity contribution < 1.29 is 23.5 Å². The van der Waals surface area contributed by atoms with Gasteiger partial charge < -0.3 is 9.47 Å². The van der Waals surface area contributed by atoms with Crippen LogP contribution in [0.25, 0.3) is 0 Å². The number of ether oxygens (including phenoxy) is 2. The Morgan fingerprint density at radius 1 is 1.04 bits per heavy atom. The highest BCUT2D eigenvalue weighted by molar-refractivity contribution is 6.22. The van der Waals surface area contributed by atoms with Crippen LogP contribution in [0.1, 0.15) is 17.5 Å². The van der Waals surface area contributed by atoms with Crippen LogP contribution in [0.5, 0.6) is 11.5 Å². The van der Waals surface area contributed by atoms with Gasteiger partial charge >= 0.3 is 0 Å². The Balaban J connectivity index is 1.58. The largest absolute Gasteiger partial charge is 0.493 e. The highest BCUT2D eigenvalue weighted by atomic mass is 19.1. The molecule has 146 valence electrons. The molecule has 2 aliphatic heterocycles. The molecule has 2 aliphatic rings. The Labute approximate surface area is 162 Å². The molecule has 0 aromatic heterocycles. The summed E-state index contributed by atoms with van der Waals surface area (Å²) in [6, 6.07) is 8.91. The maximum absolute atomic E-state index is 13.5. The highest BCUT2D eigenvalue weighted by Gasteiger charge is 2.43. The number of benzene rings is 2. The van der Waals surface area contributed by atoms with E-state index < -0.39 is 11.9 Å². The second-order valence-corrected chi connectivity index (χ2v) is 6.96. The van der Waals surface area contributed by atoms with Gasteiger partial charge in [0.2, 0.25) is 5.91 Å². The molecule has 2 aromatic carbocycles. The summed E-state index contributed by atoms with van der Waals surface area (Å²) in [5.74, 6) is 0.227. The lowest BCUT2D eigenvalue weighted by atomic mass is 9.97. The van der Waals surface area contributed by atoms with Gasteiger partial charge in [0.05, 0.1) is 32.4 Å². The van der Waals surface area contributed by atoms with Crippen molar-refractivity contribution in [3.63, 3.8) is 0 Å². The summed E-state index contributed by atoms with van der Waals surface area (Å²) < 4.78 is 24.3. The van der Waals surface area contributed by atoms with Crippen LogP contribution in [0.3, 0.4) is 0 Å². The van der Waals surface area contributed by atoms with Crippen molar-refractivity contribution in [1.29, 1.82) is 0 Å². The highest BCUT2D eigenvalue weighted by Crippen LogP contribution is 2.35. The van der Waals surface area contributed by atoms with Gasteiger partial charge in [0.25, 0.3) is 5.91 Å². The molecule has 0 radical (unpaired) electrons. The first-order valence-electron chi connectivity index (χ1n) is 9.12. The van der Waals surface area contributed by atoms with Crippen molar-refractivity contribution in [2.45, 2.75) is 25.4 Å². The minimum atomic E-state index is -0.544. The van der Waals surface area contributed by atoms with Crippen molar-refractivity contribution >= 4 is 17.5 Å². The van der Waals surface area contributed by atoms with Crippen LogP contribution in [0.4, 0.5) is 10.1 Å². The van der Waals surface area contributed by atoms with Crippen molar-refractivity contribution in [1.82, 2.24) is 4.90 Å². The molecule has 0 N–H and O–H groups in total. The molecule has 0 saturated carbocycles. The predicted molar refractivity (Wildman–Crippen MR) is 101 cm³/mol. The Bertz CT molecular complexity index is 946. The minimum Gasteiger partial charge on any atom is -0.493 e. The molecule has 2 heterocycles. The molecule has 0 spiro atoms. The zero-order valence-electron chi connectivity index (χ0n) is 15.8. The van der Waals surface area contributed by atoms with Crippen LogP contribution in [-0.4, -0.2) is 43.5 Å². The van der Waals surface area contributed by atoms with Crippen LogP contribution in [0.2, 0.25) is 0 Å². The first-order valence-corrected chi connectivity index (χ1v) is 9.12. The van der Waals surface area contributed by atoms with Gasteiger partial charge in [-0.05, 0) is 47.9 Å². The third kappa shape index (κ3) is 3.11. The average molecular weight is 384 g/mol. The molecular formula is C21H21FN2O4. The summed E-state index contributed by atoms with van der Waals surface area (Å²) in [6.45, 7) is 1.19. The predicted octanol–water partition coefficient (Wildman–Crippen LogP) is 2.53. The van der Waals surface area contributed by atoms with Gasteiger partial charge in [-0.1, -0.05) is 6.07 Å². The zero-order valence-corrected chi connectivity index (χ0v) is 15.8. The van der Waals surface area contributed by atoms with Crippen molar-refractivity contribution in [3.8, 4) is 11.5 Å².